The Morgan fingerprint density at radius 1 is 1.09 bits per heavy atom. The Morgan fingerprint density at radius 2 is 1.77 bits per heavy atom. The molecule has 0 saturated heterocycles. The van der Waals surface area contributed by atoms with Crippen LogP contribution in [0, 0.1) is 6.92 Å². The van der Waals surface area contributed by atoms with Gasteiger partial charge in [0.25, 0.3) is 0 Å². The molecule has 2 rings (SSSR count). The van der Waals surface area contributed by atoms with Crippen LogP contribution in [0.2, 0.25) is 0 Å². The Morgan fingerprint density at radius 3 is 2.41 bits per heavy atom. The van der Waals surface area contributed by atoms with E-state index in [2.05, 4.69) is 10.5 Å². The van der Waals surface area contributed by atoms with Crippen LogP contribution >= 0.6 is 0 Å². The highest BCUT2D eigenvalue weighted by atomic mass is 16.5. The van der Waals surface area contributed by atoms with Crippen molar-refractivity contribution in [3.63, 3.8) is 0 Å². The summed E-state index contributed by atoms with van der Waals surface area (Å²) in [6, 6.07) is 14.1. The second kappa shape index (κ2) is 7.17. The van der Waals surface area contributed by atoms with Gasteiger partial charge in [-0.05, 0) is 48.4 Å². The van der Waals surface area contributed by atoms with Gasteiger partial charge in [-0.25, -0.2) is 10.2 Å². The molecule has 5 heteroatoms. The van der Waals surface area contributed by atoms with Crippen molar-refractivity contribution in [1.82, 2.24) is 5.43 Å². The number of nitrogens with one attached hydrogen (secondary N) is 1. The summed E-state index contributed by atoms with van der Waals surface area (Å²) in [6.07, 6.45) is 1.51. The van der Waals surface area contributed by atoms with Crippen LogP contribution in [0.3, 0.4) is 0 Å². The van der Waals surface area contributed by atoms with Crippen molar-refractivity contribution in [2.24, 2.45) is 5.10 Å². The first-order chi connectivity index (χ1) is 10.6. The van der Waals surface area contributed by atoms with Crippen LogP contribution in [0.4, 0.5) is 0 Å². The van der Waals surface area contributed by atoms with Crippen LogP contribution in [-0.4, -0.2) is 18.1 Å². The van der Waals surface area contributed by atoms with Gasteiger partial charge in [-0.2, -0.15) is 5.10 Å². The van der Waals surface area contributed by atoms with Crippen LogP contribution in [-0.2, 0) is 4.79 Å². The summed E-state index contributed by atoms with van der Waals surface area (Å²) in [4.78, 5) is 22.8. The van der Waals surface area contributed by atoms with E-state index >= 15 is 0 Å². The highest BCUT2D eigenvalue weighted by molar-refractivity contribution is 5.92. The standard InChI is InChI=1S/C17H16N2O3/c1-12-5-3-4-6-16(12)17(21)22-15-9-7-14(8-10-15)11-18-19-13(2)20/h3-11H,1-2H3,(H,19,20). The van der Waals surface area contributed by atoms with Crippen molar-refractivity contribution in [1.29, 1.82) is 0 Å². The summed E-state index contributed by atoms with van der Waals surface area (Å²) in [5, 5.41) is 3.76. The normalized spacial score (nSPS) is 10.5. The maximum atomic E-state index is 12.1. The zero-order valence-corrected chi connectivity index (χ0v) is 12.4. The number of carbonyl (C=O) groups is 2. The number of hydrazone groups is 1. The van der Waals surface area contributed by atoms with E-state index in [9.17, 15) is 9.59 Å². The van der Waals surface area contributed by atoms with Gasteiger partial charge < -0.3 is 4.74 Å². The molecular weight excluding hydrogens is 280 g/mol. The van der Waals surface area contributed by atoms with Crippen molar-refractivity contribution < 1.29 is 14.3 Å². The molecule has 2 aromatic rings. The third-order valence-electron chi connectivity index (χ3n) is 2.89. The molecule has 0 fully saturated rings. The van der Waals surface area contributed by atoms with Gasteiger partial charge in [0, 0.05) is 6.92 Å². The van der Waals surface area contributed by atoms with Crippen molar-refractivity contribution in [2.45, 2.75) is 13.8 Å². The van der Waals surface area contributed by atoms with Gasteiger partial charge in [-0.1, -0.05) is 18.2 Å². The lowest BCUT2D eigenvalue weighted by Gasteiger charge is -2.06. The Bertz CT molecular complexity index is 706. The summed E-state index contributed by atoms with van der Waals surface area (Å²) in [5.74, 6) is -0.178. The molecule has 0 heterocycles. The summed E-state index contributed by atoms with van der Waals surface area (Å²) >= 11 is 0. The zero-order chi connectivity index (χ0) is 15.9. The molecule has 1 amide bonds. The summed E-state index contributed by atoms with van der Waals surface area (Å²) in [7, 11) is 0. The molecule has 0 spiro atoms. The van der Waals surface area contributed by atoms with E-state index < -0.39 is 5.97 Å². The minimum atomic E-state index is -0.391. The van der Waals surface area contributed by atoms with Gasteiger partial charge in [-0.15, -0.1) is 0 Å². The van der Waals surface area contributed by atoms with Gasteiger partial charge in [0.1, 0.15) is 5.75 Å². The van der Waals surface area contributed by atoms with Crippen LogP contribution in [0.5, 0.6) is 5.75 Å². The number of hydrogen-bond donors (Lipinski definition) is 1. The fraction of sp³-hybridized carbons (Fsp3) is 0.118. The van der Waals surface area contributed by atoms with E-state index in [1.807, 2.05) is 19.1 Å². The Labute approximate surface area is 128 Å². The number of aryl methyl sites for hydroxylation is 1. The first kappa shape index (κ1) is 15.4. The molecule has 0 unspecified atom stereocenters. The van der Waals surface area contributed by atoms with E-state index in [1.165, 1.54) is 13.1 Å². The first-order valence-electron chi connectivity index (χ1n) is 6.74. The average Bonchev–Trinajstić information content (AvgIpc) is 2.49. The molecule has 112 valence electrons. The predicted molar refractivity (Wildman–Crippen MR) is 84.0 cm³/mol. The van der Waals surface area contributed by atoms with Crippen molar-refractivity contribution in [3.8, 4) is 5.75 Å². The minimum Gasteiger partial charge on any atom is -0.423 e. The van der Waals surface area contributed by atoms with Crippen molar-refractivity contribution in [3.05, 3.63) is 65.2 Å². The van der Waals surface area contributed by atoms with Crippen molar-refractivity contribution in [2.75, 3.05) is 0 Å². The third kappa shape index (κ3) is 4.28. The summed E-state index contributed by atoms with van der Waals surface area (Å²) < 4.78 is 5.33. The minimum absolute atomic E-state index is 0.236. The molecular formula is C17H16N2O3. The van der Waals surface area contributed by atoms with Crippen LogP contribution in [0.1, 0.15) is 28.4 Å². The largest absolute Gasteiger partial charge is 0.423 e. The number of amides is 1. The first-order valence-corrected chi connectivity index (χ1v) is 6.74. The summed E-state index contributed by atoms with van der Waals surface area (Å²) in [5.41, 5.74) is 4.50. The molecule has 2 aromatic carbocycles. The molecule has 0 bridgehead atoms. The zero-order valence-electron chi connectivity index (χ0n) is 12.4. The maximum Gasteiger partial charge on any atom is 0.343 e. The van der Waals surface area contributed by atoms with E-state index in [0.717, 1.165) is 11.1 Å². The van der Waals surface area contributed by atoms with E-state index in [-0.39, 0.29) is 5.91 Å². The monoisotopic (exact) mass is 296 g/mol. The third-order valence-corrected chi connectivity index (χ3v) is 2.89. The number of rotatable bonds is 4. The van der Waals surface area contributed by atoms with Crippen LogP contribution < -0.4 is 10.2 Å². The molecule has 0 saturated carbocycles. The second-order valence-corrected chi connectivity index (χ2v) is 4.70. The second-order valence-electron chi connectivity index (χ2n) is 4.70. The Kier molecular flexibility index (Phi) is 5.03. The lowest BCUT2D eigenvalue weighted by Crippen LogP contribution is -2.12. The molecule has 0 aliphatic carbocycles. The molecule has 22 heavy (non-hydrogen) atoms. The number of esters is 1. The van der Waals surface area contributed by atoms with Gasteiger partial charge in [-0.3, -0.25) is 4.79 Å². The van der Waals surface area contributed by atoms with Gasteiger partial charge >= 0.3 is 5.97 Å². The lowest BCUT2D eigenvalue weighted by atomic mass is 10.1. The topological polar surface area (TPSA) is 67.8 Å². The molecule has 5 nitrogen and oxygen atoms in total. The molecule has 0 aromatic heterocycles. The molecule has 0 aliphatic heterocycles. The van der Waals surface area contributed by atoms with E-state index in [1.54, 1.807) is 36.4 Å². The smallest absolute Gasteiger partial charge is 0.343 e. The van der Waals surface area contributed by atoms with Gasteiger partial charge in [0.05, 0.1) is 11.8 Å². The summed E-state index contributed by atoms with van der Waals surface area (Å²) in [6.45, 7) is 3.24. The van der Waals surface area contributed by atoms with E-state index in [0.29, 0.717) is 11.3 Å². The number of nitrogens with zero attached hydrogens (tertiary/aromatic N) is 1. The fourth-order valence-corrected chi connectivity index (χ4v) is 1.78. The van der Waals surface area contributed by atoms with Gasteiger partial charge in [0.15, 0.2) is 0 Å². The van der Waals surface area contributed by atoms with Crippen LogP contribution in [0.25, 0.3) is 0 Å². The number of ether oxygens (including phenoxy) is 1. The van der Waals surface area contributed by atoms with Gasteiger partial charge in [0.2, 0.25) is 5.91 Å². The quantitative estimate of drug-likeness (QED) is 0.408. The Balaban J connectivity index is 2.02. The lowest BCUT2D eigenvalue weighted by molar-refractivity contribution is -0.118. The molecule has 1 N–H and O–H groups in total. The number of benzene rings is 2. The fourth-order valence-electron chi connectivity index (χ4n) is 1.78. The highest BCUT2D eigenvalue weighted by Gasteiger charge is 2.10. The maximum absolute atomic E-state index is 12.1. The van der Waals surface area contributed by atoms with Crippen molar-refractivity contribution >= 4 is 18.1 Å². The van der Waals surface area contributed by atoms with E-state index in [4.69, 9.17) is 4.74 Å². The Hall–Kier alpha value is -2.95. The average molecular weight is 296 g/mol. The molecule has 0 radical (unpaired) electrons. The highest BCUT2D eigenvalue weighted by Crippen LogP contribution is 2.15. The van der Waals surface area contributed by atoms with Crippen LogP contribution in [0.15, 0.2) is 53.6 Å². The molecule has 0 aliphatic rings. The SMILES string of the molecule is CC(=O)NN=Cc1ccc(OC(=O)c2ccccc2C)cc1. The predicted octanol–water partition coefficient (Wildman–Crippen LogP) is 2.68. The number of hydrogen-bond acceptors (Lipinski definition) is 4. The molecule has 0 atom stereocenters. The number of carbonyl (C=O) groups excluding carboxylic acids is 2.